The second-order valence-corrected chi connectivity index (χ2v) is 8.19. The number of H-pyrrole nitrogens is 1. The normalized spacial score (nSPS) is 14.8. The van der Waals surface area contributed by atoms with Crippen LogP contribution < -0.4 is 38.9 Å². The molecule has 1 aromatic rings. The van der Waals surface area contributed by atoms with E-state index in [0.29, 0.717) is 12.1 Å². The molecule has 0 spiro atoms. The summed E-state index contributed by atoms with van der Waals surface area (Å²) in [6.45, 7) is 1.39. The molecule has 0 aliphatic rings. The fraction of sp³-hybridized carbons (Fsp3) is 0.550. The number of aliphatic hydroxyl groups excluding tert-OH is 1. The van der Waals surface area contributed by atoms with Crippen LogP contribution in [0.2, 0.25) is 0 Å². The van der Waals surface area contributed by atoms with Crippen molar-refractivity contribution in [3.8, 4) is 0 Å². The lowest BCUT2D eigenvalue weighted by atomic mass is 10.1. The Morgan fingerprint density at radius 1 is 1.05 bits per heavy atom. The highest BCUT2D eigenvalue weighted by Gasteiger charge is 2.32. The third-order valence-corrected chi connectivity index (χ3v) is 5.00. The molecule has 1 rings (SSSR count). The minimum Gasteiger partial charge on any atom is -0.480 e. The van der Waals surface area contributed by atoms with Crippen molar-refractivity contribution >= 4 is 35.6 Å². The smallest absolute Gasteiger partial charge is 0.328 e. The average molecular weight is 527 g/mol. The highest BCUT2D eigenvalue weighted by Crippen LogP contribution is 2.04. The number of nitrogens with one attached hydrogen (secondary N) is 4. The Balaban J connectivity index is 2.99. The first kappa shape index (κ1) is 30.8. The van der Waals surface area contributed by atoms with Crippen LogP contribution in [0.5, 0.6) is 0 Å². The van der Waals surface area contributed by atoms with Crippen LogP contribution in [0.3, 0.4) is 0 Å². The fourth-order valence-corrected chi connectivity index (χ4v) is 3.08. The van der Waals surface area contributed by atoms with Gasteiger partial charge in [0.25, 0.3) is 0 Å². The second-order valence-electron chi connectivity index (χ2n) is 8.19. The first-order valence-corrected chi connectivity index (χ1v) is 11.2. The Morgan fingerprint density at radius 3 is 2.19 bits per heavy atom. The van der Waals surface area contributed by atoms with E-state index in [2.05, 4.69) is 30.9 Å². The molecule has 5 unspecified atom stereocenters. The third kappa shape index (κ3) is 11.4. The maximum Gasteiger partial charge on any atom is 0.328 e. The summed E-state index contributed by atoms with van der Waals surface area (Å²) in [4.78, 5) is 71.6. The molecule has 0 radical (unpaired) electrons. The standard InChI is InChI=1S/C20H34N10O7/c1-9(31)15(19(36)37)30-18(35)12(5-10-7-25-8-27-10)29-17(34)13(6-14(22)32)28-16(33)11(21)3-2-4-26-20(23)24/h7-9,11-13,15,31H,2-6,21H2,1H3,(H2,22,32)(H,25,27)(H,28,33)(H,29,34)(H,30,35)(H,36,37)(H4,23,24,26). The summed E-state index contributed by atoms with van der Waals surface area (Å²) in [5, 5.41) is 25.8. The molecule has 0 saturated heterocycles. The Labute approximate surface area is 211 Å². The van der Waals surface area contributed by atoms with Gasteiger partial charge in [-0.1, -0.05) is 0 Å². The van der Waals surface area contributed by atoms with Crippen LogP contribution in [0.1, 0.15) is 31.9 Å². The molecule has 4 amide bonds. The topological polar surface area (TPSA) is 307 Å². The largest absolute Gasteiger partial charge is 0.480 e. The van der Waals surface area contributed by atoms with Crippen LogP contribution in [-0.4, -0.2) is 92.6 Å². The molecule has 37 heavy (non-hydrogen) atoms. The van der Waals surface area contributed by atoms with Gasteiger partial charge in [-0.2, -0.15) is 0 Å². The van der Waals surface area contributed by atoms with Gasteiger partial charge in [0, 0.05) is 24.9 Å². The number of carbonyl (C=O) groups is 5. The van der Waals surface area contributed by atoms with Gasteiger partial charge in [0.15, 0.2) is 12.0 Å². The van der Waals surface area contributed by atoms with Crippen molar-refractivity contribution in [1.29, 1.82) is 0 Å². The number of carbonyl (C=O) groups excluding carboxylic acids is 4. The number of carboxylic acids is 1. The van der Waals surface area contributed by atoms with Gasteiger partial charge < -0.3 is 54.1 Å². The molecular weight excluding hydrogens is 492 g/mol. The fourth-order valence-electron chi connectivity index (χ4n) is 3.08. The van der Waals surface area contributed by atoms with E-state index in [9.17, 15) is 34.2 Å². The van der Waals surface area contributed by atoms with Gasteiger partial charge >= 0.3 is 5.97 Å². The molecule has 0 bridgehead atoms. The molecule has 17 nitrogen and oxygen atoms in total. The first-order chi connectivity index (χ1) is 17.3. The number of aliphatic hydroxyl groups is 1. The number of aromatic amines is 1. The van der Waals surface area contributed by atoms with Gasteiger partial charge in [-0.3, -0.25) is 24.2 Å². The summed E-state index contributed by atoms with van der Waals surface area (Å²) in [6.07, 6.45) is 1.01. The predicted octanol–water partition coefficient (Wildman–Crippen LogP) is -4.87. The Kier molecular flexibility index (Phi) is 12.5. The SMILES string of the molecule is CC(O)C(NC(=O)C(Cc1cnc[nH]1)NC(=O)C(CC(N)=O)NC(=O)C(N)CCCN=C(N)N)C(=O)O. The molecule has 1 aromatic heterocycles. The highest BCUT2D eigenvalue weighted by atomic mass is 16.4. The highest BCUT2D eigenvalue weighted by molar-refractivity contribution is 5.96. The zero-order valence-corrected chi connectivity index (χ0v) is 20.2. The monoisotopic (exact) mass is 526 g/mol. The maximum absolute atomic E-state index is 13.0. The summed E-state index contributed by atoms with van der Waals surface area (Å²) in [5.74, 6) is -5.20. The molecule has 17 heteroatoms. The number of rotatable bonds is 16. The van der Waals surface area contributed by atoms with Crippen LogP contribution >= 0.6 is 0 Å². The number of carboxylic acid groups (broad SMARTS) is 1. The minimum atomic E-state index is -1.66. The molecule has 0 saturated carbocycles. The van der Waals surface area contributed by atoms with Gasteiger partial charge in [-0.05, 0) is 19.8 Å². The van der Waals surface area contributed by atoms with Crippen LogP contribution in [0.15, 0.2) is 17.5 Å². The van der Waals surface area contributed by atoms with Crippen LogP contribution in [0.25, 0.3) is 0 Å². The van der Waals surface area contributed by atoms with E-state index in [0.717, 1.165) is 0 Å². The number of aliphatic carboxylic acids is 1. The Morgan fingerprint density at radius 2 is 1.68 bits per heavy atom. The van der Waals surface area contributed by atoms with Crippen molar-refractivity contribution in [1.82, 2.24) is 25.9 Å². The third-order valence-electron chi connectivity index (χ3n) is 5.00. The van der Waals surface area contributed by atoms with E-state index >= 15 is 0 Å². The lowest BCUT2D eigenvalue weighted by Gasteiger charge is -2.25. The van der Waals surface area contributed by atoms with Crippen LogP contribution in [-0.2, 0) is 30.4 Å². The molecule has 0 aliphatic carbocycles. The van der Waals surface area contributed by atoms with Gasteiger partial charge in [-0.25, -0.2) is 9.78 Å². The van der Waals surface area contributed by atoms with Crippen LogP contribution in [0, 0.1) is 0 Å². The van der Waals surface area contributed by atoms with Crippen LogP contribution in [0.4, 0.5) is 0 Å². The average Bonchev–Trinajstić information content (AvgIpc) is 3.31. The van der Waals surface area contributed by atoms with E-state index in [-0.39, 0.29) is 25.3 Å². The zero-order chi connectivity index (χ0) is 28.1. The number of hydrogen-bond donors (Lipinski definition) is 10. The summed E-state index contributed by atoms with van der Waals surface area (Å²) in [7, 11) is 0. The quantitative estimate of drug-likeness (QED) is 0.0553. The number of primary amides is 1. The minimum absolute atomic E-state index is 0.118. The molecule has 0 aliphatic heterocycles. The molecule has 1 heterocycles. The van der Waals surface area contributed by atoms with Gasteiger partial charge in [0.05, 0.1) is 24.9 Å². The molecular formula is C20H34N10O7. The number of guanidine groups is 1. The summed E-state index contributed by atoms with van der Waals surface area (Å²) in [6, 6.07) is -5.59. The lowest BCUT2D eigenvalue weighted by molar-refractivity contribution is -0.145. The predicted molar refractivity (Wildman–Crippen MR) is 129 cm³/mol. The van der Waals surface area contributed by atoms with Gasteiger partial charge in [0.1, 0.15) is 12.1 Å². The molecule has 206 valence electrons. The van der Waals surface area contributed by atoms with E-state index in [4.69, 9.17) is 22.9 Å². The number of nitrogens with two attached hydrogens (primary N) is 4. The molecule has 0 aromatic carbocycles. The second kappa shape index (κ2) is 15.0. The maximum atomic E-state index is 13.0. The number of hydrogen-bond acceptors (Lipinski definition) is 9. The summed E-state index contributed by atoms with van der Waals surface area (Å²) < 4.78 is 0. The van der Waals surface area contributed by atoms with Crippen molar-refractivity contribution in [2.75, 3.05) is 6.54 Å². The Bertz CT molecular complexity index is 963. The molecule has 14 N–H and O–H groups in total. The van der Waals surface area contributed by atoms with Crippen molar-refractivity contribution < 1.29 is 34.2 Å². The molecule has 5 atom stereocenters. The van der Waals surface area contributed by atoms with E-state index in [1.54, 1.807) is 0 Å². The van der Waals surface area contributed by atoms with Crippen molar-refractivity contribution in [2.24, 2.45) is 27.9 Å². The van der Waals surface area contributed by atoms with Gasteiger partial charge in [-0.15, -0.1) is 0 Å². The van der Waals surface area contributed by atoms with Gasteiger partial charge in [0.2, 0.25) is 23.6 Å². The summed E-state index contributed by atoms with van der Waals surface area (Å²) in [5.41, 5.74) is 21.9. The summed E-state index contributed by atoms with van der Waals surface area (Å²) >= 11 is 0. The van der Waals surface area contributed by atoms with Crippen molar-refractivity contribution in [2.45, 2.75) is 62.9 Å². The van der Waals surface area contributed by atoms with E-state index < -0.39 is 66.3 Å². The van der Waals surface area contributed by atoms with E-state index in [1.165, 1.54) is 19.4 Å². The Hall–Kier alpha value is -4.25. The van der Waals surface area contributed by atoms with Crippen molar-refractivity contribution in [3.05, 3.63) is 18.2 Å². The lowest BCUT2D eigenvalue weighted by Crippen LogP contribution is -2.59. The zero-order valence-electron chi connectivity index (χ0n) is 20.2. The number of aromatic nitrogens is 2. The molecule has 0 fully saturated rings. The number of nitrogens with zero attached hydrogens (tertiary/aromatic N) is 2. The number of amides is 4. The first-order valence-electron chi connectivity index (χ1n) is 11.2. The van der Waals surface area contributed by atoms with E-state index in [1.807, 2.05) is 0 Å². The van der Waals surface area contributed by atoms with Crippen molar-refractivity contribution in [3.63, 3.8) is 0 Å². The number of imidazole rings is 1. The number of aliphatic imine (C=N–C) groups is 1.